The lowest BCUT2D eigenvalue weighted by Crippen LogP contribution is -2.37. The SMILES string of the molecule is CC(C)Oc1ccc(N2C(=O)C(c3ccc(Cl)cc3)=C(N3CCCCC3)C2=O)cc1. The predicted molar refractivity (Wildman–Crippen MR) is 118 cm³/mol. The van der Waals surface area contributed by atoms with Gasteiger partial charge in [0.15, 0.2) is 0 Å². The summed E-state index contributed by atoms with van der Waals surface area (Å²) in [6.07, 6.45) is 3.22. The molecule has 0 atom stereocenters. The van der Waals surface area contributed by atoms with Crippen molar-refractivity contribution >= 4 is 34.7 Å². The van der Waals surface area contributed by atoms with Gasteiger partial charge in [-0.25, -0.2) is 4.90 Å². The van der Waals surface area contributed by atoms with Gasteiger partial charge in [0, 0.05) is 18.1 Å². The molecule has 6 heteroatoms. The number of hydrogen-bond donors (Lipinski definition) is 0. The van der Waals surface area contributed by atoms with Crippen molar-refractivity contribution in [3.8, 4) is 5.75 Å². The number of anilines is 1. The molecule has 0 radical (unpaired) electrons. The number of likely N-dealkylation sites (tertiary alicyclic amines) is 1. The number of hydrogen-bond acceptors (Lipinski definition) is 4. The van der Waals surface area contributed by atoms with Crippen LogP contribution in [0.5, 0.6) is 5.75 Å². The fraction of sp³-hybridized carbons (Fsp3) is 0.333. The summed E-state index contributed by atoms with van der Waals surface area (Å²) >= 11 is 6.04. The predicted octanol–water partition coefficient (Wildman–Crippen LogP) is 4.90. The number of rotatable bonds is 5. The Morgan fingerprint density at radius 3 is 2.10 bits per heavy atom. The Labute approximate surface area is 181 Å². The van der Waals surface area contributed by atoms with Crippen molar-refractivity contribution in [1.82, 2.24) is 4.90 Å². The second-order valence-corrected chi connectivity index (χ2v) is 8.32. The van der Waals surface area contributed by atoms with Crippen molar-refractivity contribution in [3.63, 3.8) is 0 Å². The van der Waals surface area contributed by atoms with E-state index in [1.165, 1.54) is 4.90 Å². The summed E-state index contributed by atoms with van der Waals surface area (Å²) in [6, 6.07) is 14.2. The van der Waals surface area contributed by atoms with Crippen molar-refractivity contribution in [2.45, 2.75) is 39.2 Å². The molecule has 30 heavy (non-hydrogen) atoms. The third kappa shape index (κ3) is 3.94. The van der Waals surface area contributed by atoms with Crippen molar-refractivity contribution < 1.29 is 14.3 Å². The van der Waals surface area contributed by atoms with E-state index < -0.39 is 0 Å². The second-order valence-electron chi connectivity index (χ2n) is 7.88. The molecule has 0 spiro atoms. The summed E-state index contributed by atoms with van der Waals surface area (Å²) < 4.78 is 5.68. The summed E-state index contributed by atoms with van der Waals surface area (Å²) in [4.78, 5) is 30.3. The monoisotopic (exact) mass is 424 g/mol. The van der Waals surface area contributed by atoms with E-state index in [0.717, 1.165) is 32.4 Å². The maximum atomic E-state index is 13.5. The van der Waals surface area contributed by atoms with Crippen molar-refractivity contribution in [2.75, 3.05) is 18.0 Å². The fourth-order valence-corrected chi connectivity index (χ4v) is 4.11. The number of piperidine rings is 1. The molecule has 0 saturated carbocycles. The molecule has 2 amide bonds. The number of halogens is 1. The van der Waals surface area contributed by atoms with Gasteiger partial charge in [0.25, 0.3) is 11.8 Å². The lowest BCUT2D eigenvalue weighted by molar-refractivity contribution is -0.120. The van der Waals surface area contributed by atoms with Gasteiger partial charge in [0.1, 0.15) is 11.4 Å². The summed E-state index contributed by atoms with van der Waals surface area (Å²) in [5.41, 5.74) is 2.19. The zero-order chi connectivity index (χ0) is 21.3. The quantitative estimate of drug-likeness (QED) is 0.641. The minimum absolute atomic E-state index is 0.0507. The average Bonchev–Trinajstić information content (AvgIpc) is 3.00. The van der Waals surface area contributed by atoms with E-state index in [4.69, 9.17) is 16.3 Å². The fourth-order valence-electron chi connectivity index (χ4n) is 3.99. The first-order valence-electron chi connectivity index (χ1n) is 10.4. The molecule has 1 fully saturated rings. The van der Waals surface area contributed by atoms with Crippen LogP contribution in [0.4, 0.5) is 5.69 Å². The normalized spacial score (nSPS) is 17.3. The zero-order valence-electron chi connectivity index (χ0n) is 17.2. The topological polar surface area (TPSA) is 49.9 Å². The summed E-state index contributed by atoms with van der Waals surface area (Å²) in [5.74, 6) is 0.125. The van der Waals surface area contributed by atoms with Gasteiger partial charge in [-0.2, -0.15) is 0 Å². The van der Waals surface area contributed by atoms with Gasteiger partial charge in [-0.15, -0.1) is 0 Å². The molecule has 5 nitrogen and oxygen atoms in total. The van der Waals surface area contributed by atoms with E-state index in [9.17, 15) is 9.59 Å². The van der Waals surface area contributed by atoms with Gasteiger partial charge in [0.2, 0.25) is 0 Å². The summed E-state index contributed by atoms with van der Waals surface area (Å²) in [7, 11) is 0. The molecule has 0 aromatic heterocycles. The highest BCUT2D eigenvalue weighted by atomic mass is 35.5. The van der Waals surface area contributed by atoms with Gasteiger partial charge in [-0.1, -0.05) is 23.7 Å². The Balaban J connectivity index is 1.73. The molecule has 2 aliphatic rings. The van der Waals surface area contributed by atoms with Gasteiger partial charge in [-0.05, 0) is 75.1 Å². The standard InChI is InChI=1S/C24H25ClN2O3/c1-16(2)30-20-12-10-19(11-13-20)27-23(28)21(17-6-8-18(25)9-7-17)22(24(27)29)26-14-4-3-5-15-26/h6-13,16H,3-5,14-15H2,1-2H3. The number of carbonyl (C=O) groups is 2. The lowest BCUT2D eigenvalue weighted by Gasteiger charge is -2.29. The summed E-state index contributed by atoms with van der Waals surface area (Å²) in [6.45, 7) is 5.46. The highest BCUT2D eigenvalue weighted by Crippen LogP contribution is 2.36. The third-order valence-corrected chi connectivity index (χ3v) is 5.58. The van der Waals surface area contributed by atoms with Crippen LogP contribution in [0.3, 0.4) is 0 Å². The number of amides is 2. The smallest absolute Gasteiger partial charge is 0.282 e. The lowest BCUT2D eigenvalue weighted by atomic mass is 10.0. The van der Waals surface area contributed by atoms with E-state index in [2.05, 4.69) is 4.90 Å². The molecular weight excluding hydrogens is 400 g/mol. The first-order valence-corrected chi connectivity index (χ1v) is 10.7. The second kappa shape index (κ2) is 8.52. The van der Waals surface area contributed by atoms with E-state index in [1.807, 2.05) is 13.8 Å². The first kappa shape index (κ1) is 20.5. The molecule has 2 aromatic carbocycles. The first-order chi connectivity index (χ1) is 14.5. The van der Waals surface area contributed by atoms with Crippen LogP contribution in [-0.2, 0) is 9.59 Å². The molecule has 1 saturated heterocycles. The minimum Gasteiger partial charge on any atom is -0.491 e. The minimum atomic E-state index is -0.305. The largest absolute Gasteiger partial charge is 0.491 e. The van der Waals surface area contributed by atoms with Crippen molar-refractivity contribution in [3.05, 3.63) is 64.8 Å². The average molecular weight is 425 g/mol. The van der Waals surface area contributed by atoms with Crippen LogP contribution in [0.2, 0.25) is 5.02 Å². The zero-order valence-corrected chi connectivity index (χ0v) is 18.0. The van der Waals surface area contributed by atoms with Crippen LogP contribution < -0.4 is 9.64 Å². The Morgan fingerprint density at radius 1 is 0.867 bits per heavy atom. The molecule has 0 N–H and O–H groups in total. The number of nitrogens with zero attached hydrogens (tertiary/aromatic N) is 2. The Morgan fingerprint density at radius 2 is 1.50 bits per heavy atom. The molecule has 0 aliphatic carbocycles. The van der Waals surface area contributed by atoms with Crippen LogP contribution in [0.15, 0.2) is 54.2 Å². The van der Waals surface area contributed by atoms with Crippen molar-refractivity contribution in [2.24, 2.45) is 0 Å². The highest BCUT2D eigenvalue weighted by Gasteiger charge is 2.42. The molecule has 0 bridgehead atoms. The van der Waals surface area contributed by atoms with E-state index in [1.54, 1.807) is 48.5 Å². The molecule has 4 rings (SSSR count). The third-order valence-electron chi connectivity index (χ3n) is 5.33. The molecule has 2 aliphatic heterocycles. The Kier molecular flexibility index (Phi) is 5.82. The molecular formula is C24H25ClN2O3. The molecule has 156 valence electrons. The molecule has 0 unspecified atom stereocenters. The van der Waals surface area contributed by atoms with Crippen LogP contribution in [0, 0.1) is 0 Å². The van der Waals surface area contributed by atoms with Crippen LogP contribution >= 0.6 is 11.6 Å². The van der Waals surface area contributed by atoms with Gasteiger partial charge >= 0.3 is 0 Å². The van der Waals surface area contributed by atoms with Gasteiger partial charge < -0.3 is 9.64 Å². The number of carbonyl (C=O) groups excluding carboxylic acids is 2. The number of ether oxygens (including phenoxy) is 1. The molecule has 2 heterocycles. The Bertz CT molecular complexity index is 975. The number of imide groups is 1. The van der Waals surface area contributed by atoms with Crippen molar-refractivity contribution in [1.29, 1.82) is 0 Å². The number of benzene rings is 2. The molecule has 2 aromatic rings. The summed E-state index contributed by atoms with van der Waals surface area (Å²) in [5, 5.41) is 0.591. The van der Waals surface area contributed by atoms with Crippen LogP contribution in [-0.4, -0.2) is 35.9 Å². The van der Waals surface area contributed by atoms with E-state index >= 15 is 0 Å². The van der Waals surface area contributed by atoms with Gasteiger partial charge in [0.05, 0.1) is 17.4 Å². The maximum absolute atomic E-state index is 13.5. The Hall–Kier alpha value is -2.79. The van der Waals surface area contributed by atoms with Crippen LogP contribution in [0.25, 0.3) is 5.57 Å². The maximum Gasteiger partial charge on any atom is 0.282 e. The van der Waals surface area contributed by atoms with Gasteiger partial charge in [-0.3, -0.25) is 9.59 Å². The highest BCUT2D eigenvalue weighted by molar-refractivity contribution is 6.45. The van der Waals surface area contributed by atoms with Crippen LogP contribution in [0.1, 0.15) is 38.7 Å². The van der Waals surface area contributed by atoms with E-state index in [-0.39, 0.29) is 17.9 Å². The van der Waals surface area contributed by atoms with E-state index in [0.29, 0.717) is 33.3 Å².